The smallest absolute Gasteiger partial charge is 0.258 e. The average Bonchev–Trinajstić information content (AvgIpc) is 2.41. The fourth-order valence-corrected chi connectivity index (χ4v) is 1.90. The van der Waals surface area contributed by atoms with Gasteiger partial charge in [0, 0.05) is 15.3 Å². The van der Waals surface area contributed by atoms with Crippen LogP contribution < -0.4 is 10.1 Å². The third kappa shape index (κ3) is 3.44. The third-order valence-electron chi connectivity index (χ3n) is 2.52. The van der Waals surface area contributed by atoms with Crippen LogP contribution in [-0.2, 0) is 0 Å². The van der Waals surface area contributed by atoms with Crippen LogP contribution in [-0.4, -0.2) is 13.0 Å². The Hall–Kier alpha value is -1.63. The molecule has 3 nitrogen and oxygen atoms in total. The van der Waals surface area contributed by atoms with E-state index in [-0.39, 0.29) is 5.56 Å². The van der Waals surface area contributed by atoms with Gasteiger partial charge in [-0.05, 0) is 59.0 Å². The first-order valence-electron chi connectivity index (χ1n) is 5.50. The zero-order valence-corrected chi connectivity index (χ0v) is 12.3. The Labute approximate surface area is 123 Å². The Kier molecular flexibility index (Phi) is 4.36. The summed E-state index contributed by atoms with van der Waals surface area (Å²) < 4.78 is 19.7. The molecule has 0 aliphatic heterocycles. The van der Waals surface area contributed by atoms with Crippen molar-refractivity contribution in [3.8, 4) is 5.75 Å². The van der Waals surface area contributed by atoms with Gasteiger partial charge < -0.3 is 10.1 Å². The number of amides is 1. The standard InChI is InChI=1S/C14H11FINO2/c1-19-11-6-7-12(13(15)8-11)14(18)17-10-4-2-9(16)3-5-10/h2-8H,1H3,(H,17,18). The Bertz CT molecular complexity index is 599. The number of ether oxygens (including phenoxy) is 1. The number of nitrogens with one attached hydrogen (secondary N) is 1. The predicted molar refractivity (Wildman–Crippen MR) is 80.1 cm³/mol. The normalized spacial score (nSPS) is 10.1. The molecular weight excluding hydrogens is 360 g/mol. The maximum absolute atomic E-state index is 13.7. The molecule has 0 saturated heterocycles. The summed E-state index contributed by atoms with van der Waals surface area (Å²) in [6, 6.07) is 11.4. The first-order valence-corrected chi connectivity index (χ1v) is 6.58. The second-order valence-electron chi connectivity index (χ2n) is 3.81. The molecule has 0 heterocycles. The zero-order chi connectivity index (χ0) is 13.8. The Balaban J connectivity index is 2.18. The van der Waals surface area contributed by atoms with E-state index in [1.807, 2.05) is 12.1 Å². The van der Waals surface area contributed by atoms with Crippen molar-refractivity contribution in [1.82, 2.24) is 0 Å². The molecule has 0 aromatic heterocycles. The van der Waals surface area contributed by atoms with Gasteiger partial charge >= 0.3 is 0 Å². The minimum absolute atomic E-state index is 0.0145. The van der Waals surface area contributed by atoms with Crippen molar-refractivity contribution in [2.45, 2.75) is 0 Å². The van der Waals surface area contributed by atoms with Gasteiger partial charge in [-0.2, -0.15) is 0 Å². The topological polar surface area (TPSA) is 38.3 Å². The number of carbonyl (C=O) groups is 1. The van der Waals surface area contributed by atoms with E-state index >= 15 is 0 Å². The molecule has 0 bridgehead atoms. The second-order valence-corrected chi connectivity index (χ2v) is 5.05. The molecule has 0 saturated carbocycles. The Morgan fingerprint density at radius 2 is 1.89 bits per heavy atom. The van der Waals surface area contributed by atoms with E-state index in [0.29, 0.717) is 11.4 Å². The van der Waals surface area contributed by atoms with E-state index in [1.54, 1.807) is 18.2 Å². The van der Waals surface area contributed by atoms with Crippen molar-refractivity contribution in [2.75, 3.05) is 12.4 Å². The van der Waals surface area contributed by atoms with Crippen LogP contribution >= 0.6 is 22.6 Å². The summed E-state index contributed by atoms with van der Waals surface area (Å²) in [6.07, 6.45) is 0. The molecule has 5 heteroatoms. The first-order chi connectivity index (χ1) is 9.10. The van der Waals surface area contributed by atoms with Crippen LogP contribution in [0, 0.1) is 9.39 Å². The molecule has 19 heavy (non-hydrogen) atoms. The van der Waals surface area contributed by atoms with Crippen molar-refractivity contribution < 1.29 is 13.9 Å². The van der Waals surface area contributed by atoms with Gasteiger partial charge in [0.25, 0.3) is 5.91 Å². The fraction of sp³-hybridized carbons (Fsp3) is 0.0714. The highest BCUT2D eigenvalue weighted by Gasteiger charge is 2.12. The highest BCUT2D eigenvalue weighted by molar-refractivity contribution is 14.1. The number of hydrogen-bond donors (Lipinski definition) is 1. The van der Waals surface area contributed by atoms with Crippen molar-refractivity contribution in [3.05, 3.63) is 57.4 Å². The number of benzene rings is 2. The van der Waals surface area contributed by atoms with Crippen LogP contribution in [0.3, 0.4) is 0 Å². The largest absolute Gasteiger partial charge is 0.497 e. The molecule has 1 amide bonds. The molecule has 2 aromatic carbocycles. The number of methoxy groups -OCH3 is 1. The van der Waals surface area contributed by atoms with Crippen molar-refractivity contribution in [1.29, 1.82) is 0 Å². The van der Waals surface area contributed by atoms with Crippen molar-refractivity contribution in [2.24, 2.45) is 0 Å². The molecule has 0 spiro atoms. The van der Waals surface area contributed by atoms with E-state index < -0.39 is 11.7 Å². The van der Waals surface area contributed by atoms with Gasteiger partial charge in [0.15, 0.2) is 0 Å². The zero-order valence-electron chi connectivity index (χ0n) is 10.1. The van der Waals surface area contributed by atoms with Crippen LogP contribution in [0.4, 0.5) is 10.1 Å². The summed E-state index contributed by atoms with van der Waals surface area (Å²) in [4.78, 5) is 11.9. The number of hydrogen-bond acceptors (Lipinski definition) is 2. The van der Waals surface area contributed by atoms with Gasteiger partial charge in [-0.25, -0.2) is 4.39 Å². The SMILES string of the molecule is COc1ccc(C(=O)Nc2ccc(I)cc2)c(F)c1. The van der Waals surface area contributed by atoms with E-state index in [1.165, 1.54) is 19.2 Å². The monoisotopic (exact) mass is 371 g/mol. The van der Waals surface area contributed by atoms with E-state index in [0.717, 1.165) is 3.57 Å². The van der Waals surface area contributed by atoms with Gasteiger partial charge in [-0.1, -0.05) is 0 Å². The lowest BCUT2D eigenvalue weighted by molar-refractivity contribution is 0.102. The third-order valence-corrected chi connectivity index (χ3v) is 3.24. The summed E-state index contributed by atoms with van der Waals surface area (Å²) in [5.41, 5.74) is 0.611. The highest BCUT2D eigenvalue weighted by atomic mass is 127. The fourth-order valence-electron chi connectivity index (χ4n) is 1.54. The molecule has 0 atom stereocenters. The molecule has 0 radical (unpaired) electrons. The maximum Gasteiger partial charge on any atom is 0.258 e. The summed E-state index contributed by atoms with van der Waals surface area (Å²) >= 11 is 2.17. The summed E-state index contributed by atoms with van der Waals surface area (Å²) in [7, 11) is 1.44. The van der Waals surface area contributed by atoms with E-state index in [2.05, 4.69) is 27.9 Å². The average molecular weight is 371 g/mol. The number of halogens is 2. The number of rotatable bonds is 3. The minimum Gasteiger partial charge on any atom is -0.497 e. The summed E-state index contributed by atoms with van der Waals surface area (Å²) in [5.74, 6) is -0.716. The maximum atomic E-state index is 13.7. The molecule has 0 aliphatic carbocycles. The number of carbonyl (C=O) groups excluding carboxylic acids is 1. The first kappa shape index (κ1) is 13.8. The van der Waals surface area contributed by atoms with Crippen LogP contribution in [0.5, 0.6) is 5.75 Å². The predicted octanol–water partition coefficient (Wildman–Crippen LogP) is 3.69. The van der Waals surface area contributed by atoms with E-state index in [9.17, 15) is 9.18 Å². The van der Waals surface area contributed by atoms with Crippen molar-refractivity contribution in [3.63, 3.8) is 0 Å². The quantitative estimate of drug-likeness (QED) is 0.836. The molecule has 98 valence electrons. The van der Waals surface area contributed by atoms with Crippen LogP contribution in [0.15, 0.2) is 42.5 Å². The van der Waals surface area contributed by atoms with Crippen LogP contribution in [0.1, 0.15) is 10.4 Å². The van der Waals surface area contributed by atoms with Crippen LogP contribution in [0.2, 0.25) is 0 Å². The van der Waals surface area contributed by atoms with Gasteiger partial charge in [-0.3, -0.25) is 4.79 Å². The Morgan fingerprint density at radius 1 is 1.21 bits per heavy atom. The molecule has 2 aromatic rings. The summed E-state index contributed by atoms with van der Waals surface area (Å²) in [5, 5.41) is 2.64. The molecule has 2 rings (SSSR count). The number of anilines is 1. The Morgan fingerprint density at radius 3 is 2.47 bits per heavy atom. The van der Waals surface area contributed by atoms with Crippen molar-refractivity contribution >= 4 is 34.2 Å². The lowest BCUT2D eigenvalue weighted by atomic mass is 10.2. The molecule has 1 N–H and O–H groups in total. The van der Waals surface area contributed by atoms with Crippen LogP contribution in [0.25, 0.3) is 0 Å². The van der Waals surface area contributed by atoms with Gasteiger partial charge in [0.2, 0.25) is 0 Å². The minimum atomic E-state index is -0.609. The summed E-state index contributed by atoms with van der Waals surface area (Å²) in [6.45, 7) is 0. The highest BCUT2D eigenvalue weighted by Crippen LogP contribution is 2.18. The molecule has 0 fully saturated rings. The van der Waals surface area contributed by atoms with Gasteiger partial charge in [0.05, 0.1) is 12.7 Å². The lowest BCUT2D eigenvalue weighted by Gasteiger charge is -2.07. The van der Waals surface area contributed by atoms with E-state index in [4.69, 9.17) is 4.74 Å². The molecule has 0 aliphatic rings. The molecule has 0 unspecified atom stereocenters. The molecular formula is C14H11FINO2. The van der Waals surface area contributed by atoms with Gasteiger partial charge in [-0.15, -0.1) is 0 Å². The van der Waals surface area contributed by atoms with Gasteiger partial charge in [0.1, 0.15) is 11.6 Å². The second kappa shape index (κ2) is 6.01. The lowest BCUT2D eigenvalue weighted by Crippen LogP contribution is -2.13.